The number of carbonyl (C=O) groups excluding carboxylic acids is 2. The number of piperidine rings is 1. The maximum atomic E-state index is 14.0. The Labute approximate surface area is 226 Å². The summed E-state index contributed by atoms with van der Waals surface area (Å²) in [6.45, 7) is 3.14. The van der Waals surface area contributed by atoms with E-state index in [-0.39, 0.29) is 35.8 Å². The molecule has 1 unspecified atom stereocenters. The third-order valence-corrected chi connectivity index (χ3v) is 7.84. The van der Waals surface area contributed by atoms with Crippen LogP contribution >= 0.6 is 0 Å². The quantitative estimate of drug-likeness (QED) is 0.447. The van der Waals surface area contributed by atoms with E-state index in [2.05, 4.69) is 11.4 Å². The van der Waals surface area contributed by atoms with Crippen LogP contribution in [0.5, 0.6) is 0 Å². The third-order valence-electron chi connectivity index (χ3n) is 7.84. The topological polar surface area (TPSA) is 122 Å². The number of nitrogens with zero attached hydrogens (tertiary/aromatic N) is 1. The van der Waals surface area contributed by atoms with E-state index in [0.29, 0.717) is 32.4 Å². The Morgan fingerprint density at radius 3 is 2.38 bits per heavy atom. The number of hydrogen-bond acceptors (Lipinski definition) is 5. The summed E-state index contributed by atoms with van der Waals surface area (Å²) >= 11 is 0. The molecule has 1 heterocycles. The van der Waals surface area contributed by atoms with E-state index < -0.39 is 41.7 Å². The Morgan fingerprint density at radius 2 is 1.77 bits per heavy atom. The van der Waals surface area contributed by atoms with Gasteiger partial charge in [0.15, 0.2) is 0 Å². The van der Waals surface area contributed by atoms with E-state index in [1.165, 1.54) is 19.9 Å². The minimum Gasteiger partial charge on any atom is -0.481 e. The van der Waals surface area contributed by atoms with E-state index >= 15 is 0 Å². The predicted octanol–water partition coefficient (Wildman–Crippen LogP) is 3.23. The minimum atomic E-state index is -1.26. The summed E-state index contributed by atoms with van der Waals surface area (Å²) in [6.07, 6.45) is 2.07. The molecule has 2 aromatic carbocycles. The Balaban J connectivity index is 1.46. The van der Waals surface area contributed by atoms with Crippen molar-refractivity contribution in [3.63, 3.8) is 0 Å². The van der Waals surface area contributed by atoms with Crippen LogP contribution in [-0.2, 0) is 31.1 Å². The summed E-state index contributed by atoms with van der Waals surface area (Å²) in [5, 5.41) is 12.1. The van der Waals surface area contributed by atoms with Gasteiger partial charge in [-0.05, 0) is 67.7 Å². The fraction of sp³-hybridized carbons (Fsp3) is 0.483. The van der Waals surface area contributed by atoms with Gasteiger partial charge in [0.25, 0.3) is 0 Å². The largest absolute Gasteiger partial charge is 0.481 e. The molecule has 1 aliphatic heterocycles. The second-order valence-electron chi connectivity index (χ2n) is 11.2. The number of aliphatic carboxylic acids is 1. The summed E-state index contributed by atoms with van der Waals surface area (Å²) in [7, 11) is 0. The van der Waals surface area contributed by atoms with Crippen LogP contribution in [0.4, 0.5) is 8.78 Å². The van der Waals surface area contributed by atoms with E-state index in [4.69, 9.17) is 10.5 Å². The van der Waals surface area contributed by atoms with E-state index in [0.717, 1.165) is 23.3 Å². The second-order valence-corrected chi connectivity index (χ2v) is 11.2. The molecule has 0 radical (unpaired) electrons. The number of carboxylic acids is 1. The van der Waals surface area contributed by atoms with Crippen molar-refractivity contribution >= 4 is 17.8 Å². The standard InChI is InChI=1S/C29H35F2N3O5/c1-28(2,32)27(38)33-24(17-39-16-20-22(30)8-5-9-23(20)31)26(37)34-12-10-29(11-13-34)15-18(14-25(35)36)19-6-3-4-7-21(19)29/h3-9,18,24H,10-17,32H2,1-2H3,(H,33,38)(H,35,36)/t18-,24?/m0/s1. The molecule has 2 atom stereocenters. The number of benzene rings is 2. The number of carboxylic acid groups (broad SMARTS) is 1. The monoisotopic (exact) mass is 543 g/mol. The molecule has 210 valence electrons. The van der Waals surface area contributed by atoms with Crippen LogP contribution in [0, 0.1) is 11.6 Å². The lowest BCUT2D eigenvalue weighted by atomic mass is 9.73. The van der Waals surface area contributed by atoms with Crippen molar-refractivity contribution < 1.29 is 33.0 Å². The van der Waals surface area contributed by atoms with Gasteiger partial charge in [0.1, 0.15) is 17.7 Å². The number of fused-ring (bicyclic) bond motifs is 2. The molecule has 1 spiro atoms. The van der Waals surface area contributed by atoms with Crippen molar-refractivity contribution in [3.8, 4) is 0 Å². The highest BCUT2D eigenvalue weighted by molar-refractivity contribution is 5.91. The van der Waals surface area contributed by atoms with Gasteiger partial charge >= 0.3 is 5.97 Å². The molecule has 4 rings (SSSR count). The number of rotatable bonds is 9. The second kappa shape index (κ2) is 11.4. The van der Waals surface area contributed by atoms with Crippen LogP contribution in [0.1, 0.15) is 62.1 Å². The molecule has 0 saturated carbocycles. The molecular weight excluding hydrogens is 508 g/mol. The molecule has 2 aromatic rings. The molecule has 0 bridgehead atoms. The highest BCUT2D eigenvalue weighted by Crippen LogP contribution is 2.52. The average molecular weight is 544 g/mol. The predicted molar refractivity (Wildman–Crippen MR) is 140 cm³/mol. The molecule has 10 heteroatoms. The molecule has 1 saturated heterocycles. The molecule has 1 aliphatic carbocycles. The maximum absolute atomic E-state index is 14.0. The molecule has 1 fully saturated rings. The summed E-state index contributed by atoms with van der Waals surface area (Å²) in [5.74, 6) is -3.36. The number of hydrogen-bond donors (Lipinski definition) is 3. The molecule has 0 aromatic heterocycles. The van der Waals surface area contributed by atoms with Crippen molar-refractivity contribution in [2.24, 2.45) is 5.73 Å². The van der Waals surface area contributed by atoms with Crippen molar-refractivity contribution in [2.45, 2.75) is 69.1 Å². The number of likely N-dealkylation sites (tertiary alicyclic amines) is 1. The number of nitrogens with one attached hydrogen (secondary N) is 1. The van der Waals surface area contributed by atoms with Crippen LogP contribution in [0.3, 0.4) is 0 Å². The summed E-state index contributed by atoms with van der Waals surface area (Å²) in [5.41, 5.74) is 6.39. The zero-order valence-electron chi connectivity index (χ0n) is 22.2. The Kier molecular flexibility index (Phi) is 8.37. The van der Waals surface area contributed by atoms with Gasteiger partial charge < -0.3 is 25.8 Å². The van der Waals surface area contributed by atoms with Crippen LogP contribution in [-0.4, -0.2) is 59.1 Å². The highest BCUT2D eigenvalue weighted by Gasteiger charge is 2.46. The Morgan fingerprint density at radius 1 is 1.13 bits per heavy atom. The first-order valence-electron chi connectivity index (χ1n) is 13.1. The van der Waals surface area contributed by atoms with Crippen LogP contribution in [0.25, 0.3) is 0 Å². The molecule has 4 N–H and O–H groups in total. The molecule has 8 nitrogen and oxygen atoms in total. The number of halogens is 2. The lowest BCUT2D eigenvalue weighted by molar-refractivity contribution is -0.140. The SMILES string of the molecule is CC(C)(N)C(=O)NC(COCc1c(F)cccc1F)C(=O)N1CCC2(CC1)C[C@H](CC(=O)O)c1ccccc12. The summed E-state index contributed by atoms with van der Waals surface area (Å²) < 4.78 is 33.6. The molecule has 2 aliphatic rings. The smallest absolute Gasteiger partial charge is 0.303 e. The van der Waals surface area contributed by atoms with Gasteiger partial charge in [-0.15, -0.1) is 0 Å². The normalized spacial score (nSPS) is 19.0. The molecular formula is C29H35F2N3O5. The molecule has 39 heavy (non-hydrogen) atoms. The average Bonchev–Trinajstić information content (AvgIpc) is 3.16. The fourth-order valence-corrected chi connectivity index (χ4v) is 5.74. The fourth-order valence-electron chi connectivity index (χ4n) is 5.74. The van der Waals surface area contributed by atoms with Gasteiger partial charge in [0.05, 0.1) is 25.2 Å². The summed E-state index contributed by atoms with van der Waals surface area (Å²) in [6, 6.07) is 10.3. The van der Waals surface area contributed by atoms with E-state index in [9.17, 15) is 28.3 Å². The number of amides is 2. The Hall–Kier alpha value is -3.37. The van der Waals surface area contributed by atoms with Gasteiger partial charge in [-0.1, -0.05) is 30.3 Å². The Bertz CT molecular complexity index is 1220. The minimum absolute atomic E-state index is 0.0599. The maximum Gasteiger partial charge on any atom is 0.303 e. The van der Waals surface area contributed by atoms with E-state index in [1.54, 1.807) is 4.90 Å². The first-order chi connectivity index (χ1) is 18.4. The number of carbonyl (C=O) groups is 3. The van der Waals surface area contributed by atoms with Crippen molar-refractivity contribution in [1.82, 2.24) is 10.2 Å². The first-order valence-corrected chi connectivity index (χ1v) is 13.1. The zero-order valence-corrected chi connectivity index (χ0v) is 22.2. The lowest BCUT2D eigenvalue weighted by Gasteiger charge is -2.41. The van der Waals surface area contributed by atoms with Gasteiger partial charge in [-0.2, -0.15) is 0 Å². The summed E-state index contributed by atoms with van der Waals surface area (Å²) in [4.78, 5) is 39.3. The third kappa shape index (κ3) is 6.28. The van der Waals surface area contributed by atoms with Crippen molar-refractivity contribution in [1.29, 1.82) is 0 Å². The van der Waals surface area contributed by atoms with Crippen molar-refractivity contribution in [2.75, 3.05) is 19.7 Å². The van der Waals surface area contributed by atoms with Gasteiger partial charge in [0, 0.05) is 18.7 Å². The number of ether oxygens (including phenoxy) is 1. The van der Waals surface area contributed by atoms with Crippen LogP contribution < -0.4 is 11.1 Å². The molecule has 2 amide bonds. The highest BCUT2D eigenvalue weighted by atomic mass is 19.1. The first kappa shape index (κ1) is 28.6. The zero-order chi connectivity index (χ0) is 28.4. The number of nitrogens with two attached hydrogens (primary N) is 1. The van der Waals surface area contributed by atoms with E-state index in [1.807, 2.05) is 18.2 Å². The van der Waals surface area contributed by atoms with Crippen LogP contribution in [0.2, 0.25) is 0 Å². The lowest BCUT2D eigenvalue weighted by Crippen LogP contribution is -2.59. The van der Waals surface area contributed by atoms with Gasteiger partial charge in [-0.25, -0.2) is 8.78 Å². The van der Waals surface area contributed by atoms with Crippen molar-refractivity contribution in [3.05, 3.63) is 70.8 Å². The van der Waals surface area contributed by atoms with Gasteiger partial charge in [-0.3, -0.25) is 14.4 Å². The van der Waals surface area contributed by atoms with Gasteiger partial charge in [0.2, 0.25) is 11.8 Å². The van der Waals surface area contributed by atoms with Crippen LogP contribution in [0.15, 0.2) is 42.5 Å².